The van der Waals surface area contributed by atoms with E-state index in [2.05, 4.69) is 4.98 Å². The van der Waals surface area contributed by atoms with Crippen LogP contribution in [0.25, 0.3) is 16.8 Å². The first kappa shape index (κ1) is 10.8. The van der Waals surface area contributed by atoms with Gasteiger partial charge in [0, 0.05) is 13.2 Å². The molecule has 18 heavy (non-hydrogen) atoms. The van der Waals surface area contributed by atoms with Crippen LogP contribution in [0, 0.1) is 0 Å². The first-order chi connectivity index (χ1) is 8.72. The fourth-order valence-corrected chi connectivity index (χ4v) is 2.15. The Kier molecular flexibility index (Phi) is 2.33. The average Bonchev–Trinajstić information content (AvgIpc) is 2.91. The van der Waals surface area contributed by atoms with Crippen molar-refractivity contribution in [1.82, 2.24) is 14.0 Å². The van der Waals surface area contributed by atoms with Gasteiger partial charge in [-0.3, -0.25) is 4.40 Å². The second-order valence-corrected chi connectivity index (χ2v) is 4.06. The molecule has 0 aliphatic heterocycles. The van der Waals surface area contributed by atoms with Gasteiger partial charge in [-0.05, 0) is 19.1 Å². The SMILES string of the molecule is CCOC(=O)c1cn2c3ccccc3n(C)c2n1. The van der Waals surface area contributed by atoms with E-state index in [0.717, 1.165) is 16.8 Å². The number of carbonyl (C=O) groups excluding carboxylic acids is 1. The normalized spacial score (nSPS) is 11.2. The number of aromatic nitrogens is 3. The summed E-state index contributed by atoms with van der Waals surface area (Å²) in [5.74, 6) is 0.351. The summed E-state index contributed by atoms with van der Waals surface area (Å²) in [6, 6.07) is 7.97. The molecule has 5 nitrogen and oxygen atoms in total. The number of benzene rings is 1. The topological polar surface area (TPSA) is 48.5 Å². The third-order valence-corrected chi connectivity index (χ3v) is 2.97. The first-order valence-electron chi connectivity index (χ1n) is 5.82. The highest BCUT2D eigenvalue weighted by Gasteiger charge is 2.16. The van der Waals surface area contributed by atoms with Gasteiger partial charge < -0.3 is 9.30 Å². The van der Waals surface area contributed by atoms with Crippen molar-refractivity contribution in [2.75, 3.05) is 6.61 Å². The van der Waals surface area contributed by atoms with Crippen LogP contribution >= 0.6 is 0 Å². The van der Waals surface area contributed by atoms with Crippen molar-refractivity contribution in [3.8, 4) is 0 Å². The van der Waals surface area contributed by atoms with Gasteiger partial charge in [0.05, 0.1) is 17.6 Å². The molecule has 0 radical (unpaired) electrons. The van der Waals surface area contributed by atoms with Crippen LogP contribution in [-0.4, -0.2) is 26.5 Å². The van der Waals surface area contributed by atoms with Gasteiger partial charge in [0.15, 0.2) is 5.69 Å². The van der Waals surface area contributed by atoms with Crippen LogP contribution in [-0.2, 0) is 11.8 Å². The summed E-state index contributed by atoms with van der Waals surface area (Å²) < 4.78 is 8.82. The van der Waals surface area contributed by atoms with E-state index in [9.17, 15) is 4.79 Å². The number of rotatable bonds is 2. The van der Waals surface area contributed by atoms with Crippen molar-refractivity contribution in [3.05, 3.63) is 36.2 Å². The van der Waals surface area contributed by atoms with E-state index in [0.29, 0.717) is 12.3 Å². The minimum atomic E-state index is -0.384. The highest BCUT2D eigenvalue weighted by Crippen LogP contribution is 2.19. The number of nitrogens with zero attached hydrogens (tertiary/aromatic N) is 3. The van der Waals surface area contributed by atoms with Crippen molar-refractivity contribution in [1.29, 1.82) is 0 Å². The van der Waals surface area contributed by atoms with Crippen LogP contribution in [0.4, 0.5) is 0 Å². The molecular formula is C13H13N3O2. The number of fused-ring (bicyclic) bond motifs is 3. The second kappa shape index (κ2) is 3.87. The summed E-state index contributed by atoms with van der Waals surface area (Å²) in [6.07, 6.45) is 1.72. The first-order valence-corrected chi connectivity index (χ1v) is 5.82. The number of para-hydroxylation sites is 2. The summed E-state index contributed by atoms with van der Waals surface area (Å²) >= 11 is 0. The van der Waals surface area contributed by atoms with E-state index in [4.69, 9.17) is 4.74 Å². The molecule has 2 aromatic heterocycles. The molecule has 92 valence electrons. The zero-order valence-electron chi connectivity index (χ0n) is 10.3. The van der Waals surface area contributed by atoms with Gasteiger partial charge in [-0.25, -0.2) is 9.78 Å². The predicted octanol–water partition coefficient (Wildman–Crippen LogP) is 2.00. The lowest BCUT2D eigenvalue weighted by Gasteiger charge is -1.97. The molecule has 0 aliphatic carbocycles. The molecule has 0 fully saturated rings. The van der Waals surface area contributed by atoms with Crippen LogP contribution in [0.3, 0.4) is 0 Å². The quantitative estimate of drug-likeness (QED) is 0.647. The molecule has 0 spiro atoms. The van der Waals surface area contributed by atoms with Gasteiger partial charge in [0.25, 0.3) is 0 Å². The molecule has 1 aromatic carbocycles. The Hall–Kier alpha value is -2.30. The molecule has 0 aliphatic rings. The Bertz CT molecular complexity index is 739. The van der Waals surface area contributed by atoms with Crippen LogP contribution < -0.4 is 0 Å². The van der Waals surface area contributed by atoms with Crippen LogP contribution in [0.15, 0.2) is 30.5 Å². The fraction of sp³-hybridized carbons (Fsp3) is 0.231. The van der Waals surface area contributed by atoms with Crippen molar-refractivity contribution >= 4 is 22.8 Å². The summed E-state index contributed by atoms with van der Waals surface area (Å²) in [7, 11) is 1.93. The van der Waals surface area contributed by atoms with Gasteiger partial charge in [-0.2, -0.15) is 0 Å². The van der Waals surface area contributed by atoms with E-state index < -0.39 is 0 Å². The van der Waals surface area contributed by atoms with Crippen molar-refractivity contribution in [3.63, 3.8) is 0 Å². The van der Waals surface area contributed by atoms with Gasteiger partial charge in [0.2, 0.25) is 5.78 Å². The highest BCUT2D eigenvalue weighted by molar-refractivity contribution is 5.89. The molecule has 0 atom stereocenters. The fourth-order valence-electron chi connectivity index (χ4n) is 2.15. The van der Waals surface area contributed by atoms with E-state index in [1.54, 1.807) is 13.1 Å². The lowest BCUT2D eigenvalue weighted by molar-refractivity contribution is 0.0520. The van der Waals surface area contributed by atoms with Crippen LogP contribution in [0.5, 0.6) is 0 Å². The predicted molar refractivity (Wildman–Crippen MR) is 67.6 cm³/mol. The maximum atomic E-state index is 11.7. The van der Waals surface area contributed by atoms with Gasteiger partial charge >= 0.3 is 5.97 Å². The lowest BCUT2D eigenvalue weighted by atomic mass is 10.3. The Balaban J connectivity index is 2.24. The largest absolute Gasteiger partial charge is 0.461 e. The summed E-state index contributed by atoms with van der Waals surface area (Å²) in [5.41, 5.74) is 2.45. The Morgan fingerprint density at radius 3 is 2.78 bits per heavy atom. The van der Waals surface area contributed by atoms with Gasteiger partial charge in [-0.1, -0.05) is 12.1 Å². The van der Waals surface area contributed by atoms with Gasteiger partial charge in [0.1, 0.15) is 0 Å². The molecule has 0 unspecified atom stereocenters. The summed E-state index contributed by atoms with van der Waals surface area (Å²) in [5, 5.41) is 0. The molecule has 2 heterocycles. The molecule has 0 N–H and O–H groups in total. The standard InChI is InChI=1S/C13H13N3O2/c1-3-18-12(17)9-8-16-11-7-5-4-6-10(11)15(2)13(16)14-9/h4-8H,3H2,1-2H3. The third-order valence-electron chi connectivity index (χ3n) is 2.97. The molecule has 0 saturated carbocycles. The highest BCUT2D eigenvalue weighted by atomic mass is 16.5. The summed E-state index contributed by atoms with van der Waals surface area (Å²) in [6.45, 7) is 2.14. The average molecular weight is 243 g/mol. The van der Waals surface area contributed by atoms with Crippen molar-refractivity contribution in [2.24, 2.45) is 7.05 Å². The zero-order valence-corrected chi connectivity index (χ0v) is 10.3. The molecule has 0 bridgehead atoms. The smallest absolute Gasteiger partial charge is 0.358 e. The van der Waals surface area contributed by atoms with Crippen LogP contribution in [0.2, 0.25) is 0 Å². The molecule has 0 amide bonds. The molecular weight excluding hydrogens is 230 g/mol. The maximum absolute atomic E-state index is 11.7. The second-order valence-electron chi connectivity index (χ2n) is 4.06. The Labute approximate surface area is 104 Å². The number of ether oxygens (including phenoxy) is 1. The maximum Gasteiger partial charge on any atom is 0.358 e. The number of hydrogen-bond acceptors (Lipinski definition) is 3. The van der Waals surface area contributed by atoms with E-state index >= 15 is 0 Å². The Morgan fingerprint density at radius 2 is 2.06 bits per heavy atom. The minimum Gasteiger partial charge on any atom is -0.461 e. The van der Waals surface area contributed by atoms with E-state index in [-0.39, 0.29) is 5.97 Å². The number of hydrogen-bond donors (Lipinski definition) is 0. The Morgan fingerprint density at radius 1 is 1.33 bits per heavy atom. The molecule has 0 saturated heterocycles. The lowest BCUT2D eigenvalue weighted by Crippen LogP contribution is -2.05. The zero-order chi connectivity index (χ0) is 12.7. The van der Waals surface area contributed by atoms with E-state index in [1.807, 2.05) is 40.3 Å². The van der Waals surface area contributed by atoms with E-state index in [1.165, 1.54) is 0 Å². The number of aryl methyl sites for hydroxylation is 1. The molecule has 5 heteroatoms. The van der Waals surface area contributed by atoms with Crippen molar-refractivity contribution < 1.29 is 9.53 Å². The molecule has 3 aromatic rings. The number of imidazole rings is 2. The number of carbonyl (C=O) groups is 1. The summed E-state index contributed by atoms with van der Waals surface area (Å²) in [4.78, 5) is 16.0. The van der Waals surface area contributed by atoms with Crippen molar-refractivity contribution in [2.45, 2.75) is 6.92 Å². The monoisotopic (exact) mass is 243 g/mol. The van der Waals surface area contributed by atoms with Crippen LogP contribution in [0.1, 0.15) is 17.4 Å². The minimum absolute atomic E-state index is 0.341. The van der Waals surface area contributed by atoms with Gasteiger partial charge in [-0.15, -0.1) is 0 Å². The third kappa shape index (κ3) is 1.40. The number of esters is 1. The molecule has 3 rings (SSSR count).